The van der Waals surface area contributed by atoms with Crippen molar-refractivity contribution in [2.45, 2.75) is 17.7 Å². The van der Waals surface area contributed by atoms with E-state index < -0.39 is 10.0 Å². The maximum Gasteiger partial charge on any atom is 0.285 e. The summed E-state index contributed by atoms with van der Waals surface area (Å²) in [6, 6.07) is 6.80. The van der Waals surface area contributed by atoms with E-state index in [1.54, 1.807) is 29.2 Å². The Morgan fingerprint density at radius 1 is 1.39 bits per heavy atom. The fourth-order valence-electron chi connectivity index (χ4n) is 1.75. The highest BCUT2D eigenvalue weighted by atomic mass is 32.2. The van der Waals surface area contributed by atoms with Crippen LogP contribution < -0.4 is 10.6 Å². The van der Waals surface area contributed by atoms with Crippen LogP contribution in [0.15, 0.2) is 33.6 Å². The third-order valence-corrected chi connectivity index (χ3v) is 4.08. The van der Waals surface area contributed by atoms with Crippen LogP contribution in [0.25, 0.3) is 0 Å². The Hall–Kier alpha value is -1.47. The third-order valence-electron chi connectivity index (χ3n) is 2.60. The van der Waals surface area contributed by atoms with E-state index in [9.17, 15) is 8.42 Å². The second-order valence-electron chi connectivity index (χ2n) is 3.93. The Balaban J connectivity index is 2.22. The Labute approximate surface area is 111 Å². The minimum Gasteiger partial charge on any atom is -0.393 e. The normalized spacial score (nSPS) is 16.3. The zero-order valence-corrected chi connectivity index (χ0v) is 11.2. The van der Waals surface area contributed by atoms with Gasteiger partial charge >= 0.3 is 0 Å². The largest absolute Gasteiger partial charge is 0.393 e. The van der Waals surface area contributed by atoms with Gasteiger partial charge in [0.25, 0.3) is 10.0 Å². The number of sulfonamides is 1. The van der Waals surface area contributed by atoms with Crippen molar-refractivity contribution in [2.75, 3.05) is 11.4 Å². The average Bonchev–Trinajstić information content (AvgIpc) is 2.32. The van der Waals surface area contributed by atoms with Gasteiger partial charge in [-0.15, -0.1) is 4.40 Å². The first-order chi connectivity index (χ1) is 8.50. The molecule has 0 spiro atoms. The minimum atomic E-state index is -3.54. The van der Waals surface area contributed by atoms with Gasteiger partial charge in [0.15, 0.2) is 0 Å². The van der Waals surface area contributed by atoms with Gasteiger partial charge in [0.1, 0.15) is 11.2 Å². The number of nitrogens with two attached hydrogens (primary N) is 1. The number of nitrogens with zero attached hydrogens (tertiary/aromatic N) is 2. The van der Waals surface area contributed by atoms with Crippen LogP contribution in [-0.2, 0) is 10.0 Å². The fraction of sp³-hybridized carbons (Fsp3) is 0.273. The van der Waals surface area contributed by atoms with Crippen molar-refractivity contribution in [2.24, 2.45) is 10.1 Å². The number of para-hydroxylation sites is 1. The quantitative estimate of drug-likeness (QED) is 0.843. The predicted molar refractivity (Wildman–Crippen MR) is 75.5 cm³/mol. The molecule has 0 saturated heterocycles. The van der Waals surface area contributed by atoms with Gasteiger partial charge in [-0.1, -0.05) is 24.4 Å². The Bertz CT molecular complexity index is 596. The standard InChI is InChI=1S/C11H13N3O2S2/c12-11(17)6-3-7-14-8-13-18(15,16)10-5-2-1-4-9(10)14/h1-2,4-5,8H,3,6-7H2,(H2,12,17). The molecular formula is C11H13N3O2S2. The second-order valence-corrected chi connectivity index (χ2v) is 6.05. The Kier molecular flexibility index (Phi) is 3.63. The summed E-state index contributed by atoms with van der Waals surface area (Å²) in [7, 11) is -3.54. The zero-order valence-electron chi connectivity index (χ0n) is 9.61. The van der Waals surface area contributed by atoms with Crippen molar-refractivity contribution in [3.63, 3.8) is 0 Å². The van der Waals surface area contributed by atoms with Crippen molar-refractivity contribution < 1.29 is 8.42 Å². The van der Waals surface area contributed by atoms with Crippen molar-refractivity contribution in [1.82, 2.24) is 0 Å². The molecule has 1 aromatic rings. The van der Waals surface area contributed by atoms with E-state index in [1.165, 1.54) is 6.34 Å². The van der Waals surface area contributed by atoms with Crippen LogP contribution >= 0.6 is 12.2 Å². The molecule has 96 valence electrons. The topological polar surface area (TPSA) is 75.8 Å². The van der Waals surface area contributed by atoms with Crippen LogP contribution in [0.2, 0.25) is 0 Å². The lowest BCUT2D eigenvalue weighted by Gasteiger charge is -2.24. The summed E-state index contributed by atoms with van der Waals surface area (Å²) in [5.41, 5.74) is 6.08. The summed E-state index contributed by atoms with van der Waals surface area (Å²) in [6.45, 7) is 0.632. The van der Waals surface area contributed by atoms with Gasteiger partial charge in [0.2, 0.25) is 0 Å². The van der Waals surface area contributed by atoms with E-state index in [1.807, 2.05) is 0 Å². The molecule has 0 fully saturated rings. The SMILES string of the molecule is NC(=S)CCCN1C=NS(=O)(=O)c2ccccc21. The average molecular weight is 283 g/mol. The number of hydrogen-bond acceptors (Lipinski definition) is 4. The highest BCUT2D eigenvalue weighted by molar-refractivity contribution is 7.90. The molecule has 7 heteroatoms. The third kappa shape index (κ3) is 2.68. The molecule has 1 aromatic carbocycles. The number of rotatable bonds is 4. The molecule has 0 aromatic heterocycles. The van der Waals surface area contributed by atoms with E-state index in [2.05, 4.69) is 4.40 Å². The molecule has 0 saturated carbocycles. The smallest absolute Gasteiger partial charge is 0.285 e. The second kappa shape index (κ2) is 5.03. The lowest BCUT2D eigenvalue weighted by Crippen LogP contribution is -2.28. The first kappa shape index (κ1) is 13.0. The Morgan fingerprint density at radius 2 is 2.11 bits per heavy atom. The number of benzene rings is 1. The fourth-order valence-corrected chi connectivity index (χ4v) is 2.95. The minimum absolute atomic E-state index is 0.239. The van der Waals surface area contributed by atoms with Gasteiger partial charge in [-0.2, -0.15) is 8.42 Å². The van der Waals surface area contributed by atoms with Crippen molar-refractivity contribution >= 4 is 39.3 Å². The molecule has 0 aliphatic carbocycles. The van der Waals surface area contributed by atoms with Gasteiger partial charge in [-0.3, -0.25) is 0 Å². The van der Waals surface area contributed by atoms with Crippen LogP contribution in [0, 0.1) is 0 Å². The number of fused-ring (bicyclic) bond motifs is 1. The summed E-state index contributed by atoms with van der Waals surface area (Å²) >= 11 is 4.81. The zero-order chi connectivity index (χ0) is 13.2. The van der Waals surface area contributed by atoms with E-state index in [4.69, 9.17) is 18.0 Å². The van der Waals surface area contributed by atoms with Gasteiger partial charge in [-0.05, 0) is 25.0 Å². The van der Waals surface area contributed by atoms with Gasteiger partial charge < -0.3 is 10.6 Å². The van der Waals surface area contributed by atoms with Crippen LogP contribution in [0.5, 0.6) is 0 Å². The maximum absolute atomic E-state index is 11.7. The summed E-state index contributed by atoms with van der Waals surface area (Å²) in [6.07, 6.45) is 2.74. The van der Waals surface area contributed by atoms with Crippen LogP contribution in [0.1, 0.15) is 12.8 Å². The lowest BCUT2D eigenvalue weighted by molar-refractivity contribution is 0.597. The molecule has 2 N–H and O–H groups in total. The van der Waals surface area contributed by atoms with Gasteiger partial charge in [-0.25, -0.2) is 0 Å². The van der Waals surface area contributed by atoms with E-state index in [0.717, 1.165) is 6.42 Å². The summed E-state index contributed by atoms with van der Waals surface area (Å²) in [5.74, 6) is 0. The predicted octanol–water partition coefficient (Wildman–Crippen LogP) is 1.29. The van der Waals surface area contributed by atoms with Gasteiger partial charge in [0.05, 0.1) is 10.7 Å². The molecule has 5 nitrogen and oxygen atoms in total. The number of anilines is 1. The molecular weight excluding hydrogens is 270 g/mol. The molecule has 0 amide bonds. The van der Waals surface area contributed by atoms with E-state index in [0.29, 0.717) is 23.6 Å². The monoisotopic (exact) mass is 283 g/mol. The highest BCUT2D eigenvalue weighted by Crippen LogP contribution is 2.29. The lowest BCUT2D eigenvalue weighted by atomic mass is 10.2. The molecule has 0 unspecified atom stereocenters. The van der Waals surface area contributed by atoms with E-state index >= 15 is 0 Å². The molecule has 1 aliphatic heterocycles. The van der Waals surface area contributed by atoms with Crippen LogP contribution in [-0.4, -0.2) is 26.3 Å². The summed E-state index contributed by atoms with van der Waals surface area (Å²) in [4.78, 5) is 2.50. The summed E-state index contributed by atoms with van der Waals surface area (Å²) in [5, 5.41) is 0. The highest BCUT2D eigenvalue weighted by Gasteiger charge is 2.24. The molecule has 0 bridgehead atoms. The first-order valence-electron chi connectivity index (χ1n) is 5.45. The van der Waals surface area contributed by atoms with Crippen LogP contribution in [0.4, 0.5) is 5.69 Å². The van der Waals surface area contributed by atoms with Crippen molar-refractivity contribution in [1.29, 1.82) is 0 Å². The van der Waals surface area contributed by atoms with E-state index in [-0.39, 0.29) is 4.90 Å². The molecule has 1 heterocycles. The van der Waals surface area contributed by atoms with Crippen molar-refractivity contribution in [3.05, 3.63) is 24.3 Å². The van der Waals surface area contributed by atoms with Gasteiger partial charge in [0, 0.05) is 6.54 Å². The molecule has 1 aliphatic rings. The Morgan fingerprint density at radius 3 is 2.83 bits per heavy atom. The maximum atomic E-state index is 11.7. The van der Waals surface area contributed by atoms with Crippen LogP contribution in [0.3, 0.4) is 0 Å². The van der Waals surface area contributed by atoms with Crippen molar-refractivity contribution in [3.8, 4) is 0 Å². The first-order valence-corrected chi connectivity index (χ1v) is 7.30. The number of hydrogen-bond donors (Lipinski definition) is 1. The molecule has 0 radical (unpaired) electrons. The summed E-state index contributed by atoms with van der Waals surface area (Å²) < 4.78 is 27.1. The molecule has 18 heavy (non-hydrogen) atoms. The number of thiocarbonyl (C=S) groups is 1. The molecule has 2 rings (SSSR count). The molecule has 0 atom stereocenters.